The summed E-state index contributed by atoms with van der Waals surface area (Å²) < 4.78 is 0. The van der Waals surface area contributed by atoms with E-state index in [4.69, 9.17) is 5.11 Å². The number of para-hydroxylation sites is 1. The number of carbonyl (C=O) groups is 1. The van der Waals surface area contributed by atoms with Gasteiger partial charge < -0.3 is 10.0 Å². The van der Waals surface area contributed by atoms with Gasteiger partial charge in [0, 0.05) is 21.0 Å². The van der Waals surface area contributed by atoms with Crippen LogP contribution in [0.4, 0.5) is 0 Å². The van der Waals surface area contributed by atoms with Crippen LogP contribution in [0.25, 0.3) is 0 Å². The lowest BCUT2D eigenvalue weighted by Crippen LogP contribution is -2.17. The van der Waals surface area contributed by atoms with E-state index in [0.29, 0.717) is 5.75 Å². The summed E-state index contributed by atoms with van der Waals surface area (Å²) in [6.07, 6.45) is 0. The summed E-state index contributed by atoms with van der Waals surface area (Å²) in [7, 11) is 3.45. The summed E-state index contributed by atoms with van der Waals surface area (Å²) in [6.45, 7) is 3.40. The van der Waals surface area contributed by atoms with Crippen molar-refractivity contribution in [1.29, 1.82) is 0 Å². The first-order valence-electron chi connectivity index (χ1n) is 4.37. The maximum absolute atomic E-state index is 10.1. The van der Waals surface area contributed by atoms with Crippen LogP contribution in [0.1, 0.15) is 12.5 Å². The Labute approximate surface area is 85.0 Å². The summed E-state index contributed by atoms with van der Waals surface area (Å²) in [5.41, 5.74) is 0.924. The Morgan fingerprint density at radius 2 is 1.71 bits per heavy atom. The SMILES string of the molecule is CC(=O)N(C)C.Cc1ccccc1O. The standard InChI is InChI=1S/C7H8O.C4H9NO/c1-6-4-2-3-5-7(6)8;1-4(6)5(2)3/h2-5,8H,1H3;1-3H3. The third-order valence-corrected chi connectivity index (χ3v) is 1.75. The van der Waals surface area contributed by atoms with Crippen molar-refractivity contribution < 1.29 is 9.90 Å². The Morgan fingerprint density at radius 1 is 1.29 bits per heavy atom. The Kier molecular flexibility index (Phi) is 5.37. The Bertz CT molecular complexity index is 274. The lowest BCUT2D eigenvalue weighted by atomic mass is 10.2. The van der Waals surface area contributed by atoms with Crippen LogP contribution < -0.4 is 0 Å². The first-order valence-corrected chi connectivity index (χ1v) is 4.37. The molecule has 3 nitrogen and oxygen atoms in total. The molecule has 0 atom stereocenters. The number of phenolic OH excluding ortho intramolecular Hbond substituents is 1. The van der Waals surface area contributed by atoms with Crippen LogP contribution in [0.5, 0.6) is 5.75 Å². The Hall–Kier alpha value is -1.51. The Balaban J connectivity index is 0.000000255. The van der Waals surface area contributed by atoms with Gasteiger partial charge in [0.1, 0.15) is 5.75 Å². The molecule has 0 saturated heterocycles. The van der Waals surface area contributed by atoms with E-state index in [1.807, 2.05) is 25.1 Å². The highest BCUT2D eigenvalue weighted by Gasteiger charge is 1.87. The van der Waals surface area contributed by atoms with E-state index in [1.54, 1.807) is 20.2 Å². The number of nitrogens with zero attached hydrogens (tertiary/aromatic N) is 1. The number of hydrogen-bond acceptors (Lipinski definition) is 2. The molecular weight excluding hydrogens is 178 g/mol. The lowest BCUT2D eigenvalue weighted by molar-refractivity contribution is -0.126. The van der Waals surface area contributed by atoms with Crippen LogP contribution in [-0.2, 0) is 4.79 Å². The average Bonchev–Trinajstić information content (AvgIpc) is 2.11. The van der Waals surface area contributed by atoms with Crippen LogP contribution in [0.3, 0.4) is 0 Å². The van der Waals surface area contributed by atoms with Crippen molar-refractivity contribution in [2.75, 3.05) is 14.1 Å². The van der Waals surface area contributed by atoms with Gasteiger partial charge in [-0.25, -0.2) is 0 Å². The minimum absolute atomic E-state index is 0.0926. The van der Waals surface area contributed by atoms with Crippen molar-refractivity contribution in [1.82, 2.24) is 4.90 Å². The number of rotatable bonds is 0. The normalized spacial score (nSPS) is 8.57. The Morgan fingerprint density at radius 3 is 1.93 bits per heavy atom. The molecule has 14 heavy (non-hydrogen) atoms. The van der Waals surface area contributed by atoms with Crippen molar-refractivity contribution in [2.24, 2.45) is 0 Å². The largest absolute Gasteiger partial charge is 0.508 e. The zero-order valence-corrected chi connectivity index (χ0v) is 9.11. The van der Waals surface area contributed by atoms with Crippen LogP contribution in [0.15, 0.2) is 24.3 Å². The number of phenols is 1. The second-order valence-electron chi connectivity index (χ2n) is 3.20. The molecule has 0 bridgehead atoms. The smallest absolute Gasteiger partial charge is 0.218 e. The zero-order valence-electron chi connectivity index (χ0n) is 9.11. The van der Waals surface area contributed by atoms with E-state index in [2.05, 4.69) is 0 Å². The number of hydrogen-bond donors (Lipinski definition) is 1. The molecule has 0 aliphatic carbocycles. The van der Waals surface area contributed by atoms with Gasteiger partial charge in [0.05, 0.1) is 0 Å². The number of amides is 1. The molecule has 0 radical (unpaired) electrons. The monoisotopic (exact) mass is 195 g/mol. The fourth-order valence-corrected chi connectivity index (χ4v) is 0.563. The van der Waals surface area contributed by atoms with Gasteiger partial charge in [-0.05, 0) is 18.6 Å². The topological polar surface area (TPSA) is 40.5 Å². The van der Waals surface area contributed by atoms with E-state index >= 15 is 0 Å². The van der Waals surface area contributed by atoms with E-state index < -0.39 is 0 Å². The molecule has 0 aliphatic heterocycles. The van der Waals surface area contributed by atoms with Crippen LogP contribution in [0.2, 0.25) is 0 Å². The second kappa shape index (κ2) is 6.02. The summed E-state index contributed by atoms with van der Waals surface area (Å²) in [6, 6.07) is 7.25. The van der Waals surface area contributed by atoms with Crippen molar-refractivity contribution in [3.05, 3.63) is 29.8 Å². The quantitative estimate of drug-likeness (QED) is 0.685. The van der Waals surface area contributed by atoms with E-state index in [1.165, 1.54) is 11.8 Å². The zero-order chi connectivity index (χ0) is 11.1. The third-order valence-electron chi connectivity index (χ3n) is 1.75. The lowest BCUT2D eigenvalue weighted by Gasteiger charge is -2.02. The van der Waals surface area contributed by atoms with Gasteiger partial charge in [-0.1, -0.05) is 18.2 Å². The molecule has 0 unspecified atom stereocenters. The molecule has 1 amide bonds. The minimum atomic E-state index is 0.0926. The van der Waals surface area contributed by atoms with Crippen molar-refractivity contribution in [3.8, 4) is 5.75 Å². The van der Waals surface area contributed by atoms with Gasteiger partial charge in [0.25, 0.3) is 0 Å². The van der Waals surface area contributed by atoms with Gasteiger partial charge in [0.2, 0.25) is 5.91 Å². The number of aryl methyl sites for hydroxylation is 1. The summed E-state index contributed by atoms with van der Waals surface area (Å²) >= 11 is 0. The number of carbonyl (C=O) groups excluding carboxylic acids is 1. The maximum Gasteiger partial charge on any atom is 0.218 e. The number of aromatic hydroxyl groups is 1. The van der Waals surface area contributed by atoms with Crippen molar-refractivity contribution in [3.63, 3.8) is 0 Å². The summed E-state index contributed by atoms with van der Waals surface area (Å²) in [5, 5.41) is 8.92. The second-order valence-corrected chi connectivity index (χ2v) is 3.20. The molecule has 78 valence electrons. The summed E-state index contributed by atoms with van der Waals surface area (Å²) in [4.78, 5) is 11.6. The predicted octanol–water partition coefficient (Wildman–Crippen LogP) is 1.80. The molecule has 0 spiro atoms. The molecule has 1 aromatic carbocycles. The average molecular weight is 195 g/mol. The van der Waals surface area contributed by atoms with E-state index in [-0.39, 0.29) is 5.91 Å². The van der Waals surface area contributed by atoms with Gasteiger partial charge in [-0.3, -0.25) is 4.79 Å². The van der Waals surface area contributed by atoms with Gasteiger partial charge in [0.15, 0.2) is 0 Å². The van der Waals surface area contributed by atoms with Crippen LogP contribution >= 0.6 is 0 Å². The van der Waals surface area contributed by atoms with Crippen molar-refractivity contribution >= 4 is 5.91 Å². The molecule has 0 heterocycles. The molecule has 1 rings (SSSR count). The molecule has 0 aromatic heterocycles. The fraction of sp³-hybridized carbons (Fsp3) is 0.364. The highest BCUT2D eigenvalue weighted by atomic mass is 16.3. The van der Waals surface area contributed by atoms with Crippen LogP contribution in [0, 0.1) is 6.92 Å². The highest BCUT2D eigenvalue weighted by molar-refractivity contribution is 5.72. The highest BCUT2D eigenvalue weighted by Crippen LogP contribution is 2.12. The maximum atomic E-state index is 10.1. The van der Waals surface area contributed by atoms with Crippen molar-refractivity contribution in [2.45, 2.75) is 13.8 Å². The predicted molar refractivity (Wildman–Crippen MR) is 57.2 cm³/mol. The third kappa shape index (κ3) is 5.19. The molecular formula is C11H17NO2. The van der Waals surface area contributed by atoms with E-state index in [0.717, 1.165) is 5.56 Å². The molecule has 1 N–H and O–H groups in total. The molecule has 1 aromatic rings. The van der Waals surface area contributed by atoms with Gasteiger partial charge in [-0.15, -0.1) is 0 Å². The minimum Gasteiger partial charge on any atom is -0.508 e. The molecule has 0 fully saturated rings. The first-order chi connectivity index (χ1) is 6.45. The number of benzene rings is 1. The summed E-state index contributed by atoms with van der Waals surface area (Å²) in [5.74, 6) is 0.461. The van der Waals surface area contributed by atoms with E-state index in [9.17, 15) is 4.79 Å². The van der Waals surface area contributed by atoms with Crippen LogP contribution in [-0.4, -0.2) is 30.0 Å². The molecule has 0 saturated carbocycles. The fourth-order valence-electron chi connectivity index (χ4n) is 0.563. The molecule has 0 aliphatic rings. The van der Waals surface area contributed by atoms with Gasteiger partial charge >= 0.3 is 0 Å². The van der Waals surface area contributed by atoms with Gasteiger partial charge in [-0.2, -0.15) is 0 Å². The molecule has 3 heteroatoms. The first kappa shape index (κ1) is 12.5.